The molecule has 3 aromatic rings. The van der Waals surface area contributed by atoms with Gasteiger partial charge in [0.25, 0.3) is 0 Å². The highest BCUT2D eigenvalue weighted by atomic mass is 16.5. The largest absolute Gasteiger partial charge is 0.474 e. The molecule has 0 bridgehead atoms. The van der Waals surface area contributed by atoms with Crippen LogP contribution >= 0.6 is 0 Å². The summed E-state index contributed by atoms with van der Waals surface area (Å²) >= 11 is 0. The number of nitrogens with two attached hydrogens (primary N) is 1. The van der Waals surface area contributed by atoms with E-state index >= 15 is 0 Å². The van der Waals surface area contributed by atoms with Crippen molar-refractivity contribution < 1.29 is 4.74 Å². The molecule has 0 amide bonds. The lowest BCUT2D eigenvalue weighted by Crippen LogP contribution is -2.07. The van der Waals surface area contributed by atoms with Crippen LogP contribution in [-0.2, 0) is 6.42 Å². The van der Waals surface area contributed by atoms with Gasteiger partial charge in [-0.1, -0.05) is 18.2 Å². The third-order valence-corrected chi connectivity index (χ3v) is 4.28. The predicted molar refractivity (Wildman–Crippen MR) is 103 cm³/mol. The second-order valence-electron chi connectivity index (χ2n) is 6.57. The summed E-state index contributed by atoms with van der Waals surface area (Å²) in [5.41, 5.74) is 12.4. The number of rotatable bonds is 4. The van der Waals surface area contributed by atoms with Gasteiger partial charge in [-0.25, -0.2) is 9.97 Å². The van der Waals surface area contributed by atoms with Crippen LogP contribution < -0.4 is 10.5 Å². The molecule has 2 heterocycles. The molecule has 0 saturated heterocycles. The Morgan fingerprint density at radius 3 is 2.77 bits per heavy atom. The van der Waals surface area contributed by atoms with Gasteiger partial charge in [0.2, 0.25) is 5.88 Å². The number of benzene rings is 1. The second kappa shape index (κ2) is 6.59. The van der Waals surface area contributed by atoms with E-state index < -0.39 is 0 Å². The number of ether oxygens (including phenoxy) is 1. The predicted octanol–water partition coefficient (Wildman–Crippen LogP) is 3.90. The maximum Gasteiger partial charge on any atom is 0.233 e. The molecule has 1 aliphatic carbocycles. The van der Waals surface area contributed by atoms with E-state index in [1.165, 1.54) is 16.7 Å². The van der Waals surface area contributed by atoms with E-state index in [1.54, 1.807) is 18.6 Å². The van der Waals surface area contributed by atoms with Gasteiger partial charge < -0.3 is 10.5 Å². The highest BCUT2D eigenvalue weighted by molar-refractivity contribution is 5.87. The lowest BCUT2D eigenvalue weighted by Gasteiger charge is -2.11. The summed E-state index contributed by atoms with van der Waals surface area (Å²) in [6.07, 6.45) is 8.35. The SMILES string of the molecule is CC(C)Oc1cncc(-c2ccc3c(c2)C(c2ccnc(N)c2)=CC3)n1. The summed E-state index contributed by atoms with van der Waals surface area (Å²) in [6, 6.07) is 10.3. The van der Waals surface area contributed by atoms with Crippen LogP contribution in [0.1, 0.15) is 30.5 Å². The first-order valence-corrected chi connectivity index (χ1v) is 8.64. The van der Waals surface area contributed by atoms with Gasteiger partial charge in [0.1, 0.15) is 5.82 Å². The smallest absolute Gasteiger partial charge is 0.233 e. The van der Waals surface area contributed by atoms with Crippen molar-refractivity contribution in [1.29, 1.82) is 0 Å². The molecule has 26 heavy (non-hydrogen) atoms. The van der Waals surface area contributed by atoms with E-state index in [9.17, 15) is 0 Å². The first-order chi connectivity index (χ1) is 12.6. The van der Waals surface area contributed by atoms with Gasteiger partial charge in [0, 0.05) is 11.8 Å². The van der Waals surface area contributed by atoms with Crippen LogP contribution in [0.3, 0.4) is 0 Å². The Bertz CT molecular complexity index is 995. The molecule has 1 aliphatic rings. The summed E-state index contributed by atoms with van der Waals surface area (Å²) < 4.78 is 5.67. The van der Waals surface area contributed by atoms with E-state index in [0.29, 0.717) is 11.7 Å². The first kappa shape index (κ1) is 16.3. The second-order valence-corrected chi connectivity index (χ2v) is 6.57. The zero-order valence-electron chi connectivity index (χ0n) is 14.8. The molecule has 5 nitrogen and oxygen atoms in total. The lowest BCUT2D eigenvalue weighted by molar-refractivity contribution is 0.232. The van der Waals surface area contributed by atoms with Crippen molar-refractivity contribution in [2.24, 2.45) is 0 Å². The summed E-state index contributed by atoms with van der Waals surface area (Å²) in [5.74, 6) is 1.06. The minimum absolute atomic E-state index is 0.0613. The molecule has 0 unspecified atom stereocenters. The van der Waals surface area contributed by atoms with E-state index in [0.717, 1.165) is 23.2 Å². The molecule has 0 atom stereocenters. The molecule has 2 N–H and O–H groups in total. The van der Waals surface area contributed by atoms with E-state index in [-0.39, 0.29) is 6.10 Å². The summed E-state index contributed by atoms with van der Waals surface area (Å²) in [6.45, 7) is 3.95. The highest BCUT2D eigenvalue weighted by Crippen LogP contribution is 2.35. The number of fused-ring (bicyclic) bond motifs is 1. The van der Waals surface area contributed by atoms with Gasteiger partial charge in [0.15, 0.2) is 0 Å². The van der Waals surface area contributed by atoms with Crippen molar-refractivity contribution >= 4 is 11.4 Å². The molecule has 130 valence electrons. The summed E-state index contributed by atoms with van der Waals surface area (Å²) in [7, 11) is 0. The first-order valence-electron chi connectivity index (χ1n) is 8.64. The van der Waals surface area contributed by atoms with Crippen LogP contribution in [0.5, 0.6) is 5.88 Å². The van der Waals surface area contributed by atoms with Gasteiger partial charge in [-0.2, -0.15) is 0 Å². The quantitative estimate of drug-likeness (QED) is 0.777. The fourth-order valence-electron chi connectivity index (χ4n) is 3.16. The molecule has 0 radical (unpaired) electrons. The minimum atomic E-state index is 0.0613. The summed E-state index contributed by atoms with van der Waals surface area (Å²) in [4.78, 5) is 12.9. The topological polar surface area (TPSA) is 73.9 Å². The van der Waals surface area contributed by atoms with Gasteiger partial charge in [0.05, 0.1) is 24.2 Å². The van der Waals surface area contributed by atoms with Gasteiger partial charge in [-0.3, -0.25) is 4.98 Å². The molecule has 2 aromatic heterocycles. The van der Waals surface area contributed by atoms with Crippen LogP contribution in [0, 0.1) is 0 Å². The molecule has 0 fully saturated rings. The molecule has 1 aromatic carbocycles. The molecule has 0 aliphatic heterocycles. The van der Waals surface area contributed by atoms with Crippen LogP contribution in [0.2, 0.25) is 0 Å². The van der Waals surface area contributed by atoms with Gasteiger partial charge in [-0.15, -0.1) is 0 Å². The number of hydrogen-bond donors (Lipinski definition) is 1. The zero-order valence-corrected chi connectivity index (χ0v) is 14.8. The molecular formula is C21H20N4O. The fraction of sp³-hybridized carbons (Fsp3) is 0.190. The monoisotopic (exact) mass is 344 g/mol. The Morgan fingerprint density at radius 1 is 1.08 bits per heavy atom. The highest BCUT2D eigenvalue weighted by Gasteiger charge is 2.17. The third-order valence-electron chi connectivity index (χ3n) is 4.28. The fourth-order valence-corrected chi connectivity index (χ4v) is 3.16. The average molecular weight is 344 g/mol. The van der Waals surface area contributed by atoms with Crippen molar-refractivity contribution in [2.75, 3.05) is 5.73 Å². The number of anilines is 1. The van der Waals surface area contributed by atoms with Crippen molar-refractivity contribution in [3.05, 3.63) is 71.7 Å². The van der Waals surface area contributed by atoms with Crippen LogP contribution in [0.15, 0.2) is 55.0 Å². The molecule has 0 saturated carbocycles. The van der Waals surface area contributed by atoms with E-state index in [2.05, 4.69) is 39.2 Å². The van der Waals surface area contributed by atoms with Crippen LogP contribution in [0.25, 0.3) is 16.8 Å². The Labute approximate surface area is 152 Å². The van der Waals surface area contributed by atoms with Gasteiger partial charge in [-0.05, 0) is 60.7 Å². The van der Waals surface area contributed by atoms with E-state index in [1.807, 2.05) is 26.0 Å². The Balaban J connectivity index is 1.72. The third kappa shape index (κ3) is 3.16. The molecule has 4 rings (SSSR count). The number of nitrogens with zero attached hydrogens (tertiary/aromatic N) is 3. The molecule has 5 heteroatoms. The normalized spacial score (nSPS) is 12.8. The van der Waals surface area contributed by atoms with Crippen molar-refractivity contribution in [2.45, 2.75) is 26.4 Å². The Kier molecular flexibility index (Phi) is 4.13. The maximum atomic E-state index is 5.85. The number of allylic oxidation sites excluding steroid dienone is 1. The standard InChI is InChI=1S/C21H20N4O/c1-13(2)26-21-12-23-11-19(25-21)16-4-3-14-5-6-17(18(14)9-16)15-7-8-24-20(22)10-15/h3-4,6-13H,5H2,1-2H3,(H2,22,24). The number of nitrogen functional groups attached to an aromatic ring is 1. The Hall–Kier alpha value is -3.21. The molecule has 0 spiro atoms. The average Bonchev–Trinajstić information content (AvgIpc) is 3.04. The summed E-state index contributed by atoms with van der Waals surface area (Å²) in [5, 5.41) is 0. The lowest BCUT2D eigenvalue weighted by atomic mass is 9.97. The van der Waals surface area contributed by atoms with Gasteiger partial charge >= 0.3 is 0 Å². The van der Waals surface area contributed by atoms with E-state index in [4.69, 9.17) is 10.5 Å². The number of pyridine rings is 1. The maximum absolute atomic E-state index is 5.85. The van der Waals surface area contributed by atoms with Crippen molar-refractivity contribution in [1.82, 2.24) is 15.0 Å². The zero-order chi connectivity index (χ0) is 18.1. The number of aromatic nitrogens is 3. The minimum Gasteiger partial charge on any atom is -0.474 e. The van der Waals surface area contributed by atoms with Crippen LogP contribution in [0.4, 0.5) is 5.82 Å². The number of hydrogen-bond acceptors (Lipinski definition) is 5. The van der Waals surface area contributed by atoms with Crippen molar-refractivity contribution in [3.63, 3.8) is 0 Å². The molecular weight excluding hydrogens is 324 g/mol. The Morgan fingerprint density at radius 2 is 1.96 bits per heavy atom. The van der Waals surface area contributed by atoms with Crippen LogP contribution in [-0.4, -0.2) is 21.1 Å². The van der Waals surface area contributed by atoms with Crippen molar-refractivity contribution in [3.8, 4) is 17.1 Å².